The van der Waals surface area contributed by atoms with Crippen molar-refractivity contribution in [1.82, 2.24) is 20.3 Å². The van der Waals surface area contributed by atoms with Crippen LogP contribution in [0, 0.1) is 5.92 Å². The van der Waals surface area contributed by atoms with E-state index in [-0.39, 0.29) is 12.0 Å². The number of aliphatic hydroxyl groups excluding tert-OH is 1. The molecule has 0 aromatic carbocycles. The van der Waals surface area contributed by atoms with Gasteiger partial charge in [0.2, 0.25) is 5.88 Å². The Hall–Kier alpha value is -2.81. The standard InChI is InChI=1S/C23H27N5O3/c1-15(17-11-22(29)26-14-17)31-23-18-3-2-6-24-20(18)12-19(27-23)16-4-5-21(25-13-16)28-7-9-30-10-8-28/h2-6,12-13,15,17,22,26,29H,7-11,14H2,1H3/t15-,17-,22?/m1/s1. The monoisotopic (exact) mass is 421 g/mol. The van der Waals surface area contributed by atoms with E-state index in [0.717, 1.165) is 60.8 Å². The molecule has 0 amide bonds. The molecule has 0 spiro atoms. The molecule has 162 valence electrons. The molecule has 2 aliphatic heterocycles. The minimum Gasteiger partial charge on any atom is -0.474 e. The Morgan fingerprint density at radius 1 is 1.23 bits per heavy atom. The predicted octanol–water partition coefficient (Wildman–Crippen LogP) is 2.22. The lowest BCUT2D eigenvalue weighted by Gasteiger charge is -2.27. The molecule has 5 heterocycles. The molecule has 3 aromatic heterocycles. The highest BCUT2D eigenvalue weighted by molar-refractivity contribution is 5.86. The number of hydrogen-bond donors (Lipinski definition) is 2. The SMILES string of the molecule is C[C@@H](Oc1nc(-c2ccc(N3CCOCC3)nc2)cc2ncccc12)[C@H]1CNC(O)C1. The van der Waals surface area contributed by atoms with E-state index in [1.807, 2.05) is 43.5 Å². The van der Waals surface area contributed by atoms with Crippen LogP contribution in [0.3, 0.4) is 0 Å². The van der Waals surface area contributed by atoms with Crippen LogP contribution in [0.5, 0.6) is 5.88 Å². The number of pyridine rings is 3. The summed E-state index contributed by atoms with van der Waals surface area (Å²) in [6.07, 6.45) is 3.74. The quantitative estimate of drug-likeness (QED) is 0.648. The molecule has 8 heteroatoms. The zero-order valence-electron chi connectivity index (χ0n) is 17.6. The number of morpholine rings is 1. The van der Waals surface area contributed by atoms with E-state index in [4.69, 9.17) is 14.5 Å². The zero-order chi connectivity index (χ0) is 21.2. The van der Waals surface area contributed by atoms with Crippen LogP contribution in [-0.4, -0.2) is 65.2 Å². The topological polar surface area (TPSA) is 92.6 Å². The second kappa shape index (κ2) is 8.74. The number of aromatic nitrogens is 3. The van der Waals surface area contributed by atoms with Gasteiger partial charge < -0.3 is 19.5 Å². The smallest absolute Gasteiger partial charge is 0.223 e. The van der Waals surface area contributed by atoms with E-state index >= 15 is 0 Å². The molecule has 1 unspecified atom stereocenters. The van der Waals surface area contributed by atoms with Crippen molar-refractivity contribution >= 4 is 16.7 Å². The molecule has 0 saturated carbocycles. The van der Waals surface area contributed by atoms with Gasteiger partial charge in [-0.15, -0.1) is 0 Å². The summed E-state index contributed by atoms with van der Waals surface area (Å²) in [6, 6.07) is 9.90. The van der Waals surface area contributed by atoms with Crippen molar-refractivity contribution in [1.29, 1.82) is 0 Å². The third-order valence-electron chi connectivity index (χ3n) is 6.05. The lowest BCUT2D eigenvalue weighted by molar-refractivity contribution is 0.122. The molecule has 2 aliphatic rings. The van der Waals surface area contributed by atoms with Crippen molar-refractivity contribution < 1.29 is 14.6 Å². The fourth-order valence-electron chi connectivity index (χ4n) is 4.17. The minimum absolute atomic E-state index is 0.0855. The maximum Gasteiger partial charge on any atom is 0.223 e. The molecular formula is C23H27N5O3. The van der Waals surface area contributed by atoms with Crippen LogP contribution >= 0.6 is 0 Å². The number of anilines is 1. The average Bonchev–Trinajstić information content (AvgIpc) is 3.26. The third-order valence-corrected chi connectivity index (χ3v) is 6.05. The van der Waals surface area contributed by atoms with Crippen LogP contribution in [-0.2, 0) is 4.74 Å². The van der Waals surface area contributed by atoms with E-state index < -0.39 is 6.23 Å². The highest BCUT2D eigenvalue weighted by Crippen LogP contribution is 2.31. The molecule has 8 nitrogen and oxygen atoms in total. The number of aliphatic hydroxyl groups is 1. The number of rotatable bonds is 5. The number of nitrogens with one attached hydrogen (secondary N) is 1. The van der Waals surface area contributed by atoms with E-state index in [1.165, 1.54) is 0 Å². The highest BCUT2D eigenvalue weighted by atomic mass is 16.5. The largest absolute Gasteiger partial charge is 0.474 e. The Labute approximate surface area is 181 Å². The summed E-state index contributed by atoms with van der Waals surface area (Å²) >= 11 is 0. The number of ether oxygens (including phenoxy) is 2. The van der Waals surface area contributed by atoms with E-state index in [9.17, 15) is 5.11 Å². The molecule has 2 N–H and O–H groups in total. The first-order chi connectivity index (χ1) is 15.2. The molecular weight excluding hydrogens is 394 g/mol. The Balaban J connectivity index is 1.44. The molecule has 0 bridgehead atoms. The van der Waals surface area contributed by atoms with Gasteiger partial charge in [-0.05, 0) is 43.7 Å². The van der Waals surface area contributed by atoms with Crippen LogP contribution in [0.2, 0.25) is 0 Å². The Bertz CT molecular complexity index is 1040. The summed E-state index contributed by atoms with van der Waals surface area (Å²) in [7, 11) is 0. The van der Waals surface area contributed by atoms with Crippen LogP contribution in [0.4, 0.5) is 5.82 Å². The average molecular weight is 422 g/mol. The minimum atomic E-state index is -0.468. The van der Waals surface area contributed by atoms with Gasteiger partial charge in [-0.25, -0.2) is 9.97 Å². The van der Waals surface area contributed by atoms with Crippen LogP contribution in [0.1, 0.15) is 13.3 Å². The summed E-state index contributed by atoms with van der Waals surface area (Å²) in [4.78, 5) is 16.2. The highest BCUT2D eigenvalue weighted by Gasteiger charge is 2.29. The number of fused-ring (bicyclic) bond motifs is 1. The molecule has 31 heavy (non-hydrogen) atoms. The van der Waals surface area contributed by atoms with Crippen LogP contribution in [0.25, 0.3) is 22.2 Å². The summed E-state index contributed by atoms with van der Waals surface area (Å²) in [5.74, 6) is 1.73. The van der Waals surface area contributed by atoms with Crippen LogP contribution in [0.15, 0.2) is 42.7 Å². The number of nitrogens with zero attached hydrogens (tertiary/aromatic N) is 4. The second-order valence-electron chi connectivity index (χ2n) is 8.13. The molecule has 0 aliphatic carbocycles. The predicted molar refractivity (Wildman–Crippen MR) is 118 cm³/mol. The maximum atomic E-state index is 9.79. The zero-order valence-corrected chi connectivity index (χ0v) is 17.6. The second-order valence-corrected chi connectivity index (χ2v) is 8.13. The van der Waals surface area contributed by atoms with Gasteiger partial charge in [0, 0.05) is 43.5 Å². The summed E-state index contributed by atoms with van der Waals surface area (Å²) in [5, 5.41) is 13.7. The van der Waals surface area contributed by atoms with Gasteiger partial charge in [-0.2, -0.15) is 0 Å². The Morgan fingerprint density at radius 3 is 2.84 bits per heavy atom. The fourth-order valence-corrected chi connectivity index (χ4v) is 4.17. The van der Waals surface area contributed by atoms with Gasteiger partial charge in [0.05, 0.1) is 29.8 Å². The van der Waals surface area contributed by atoms with Crippen LogP contribution < -0.4 is 15.0 Å². The molecule has 0 radical (unpaired) electrons. The van der Waals surface area contributed by atoms with Crippen molar-refractivity contribution in [3.05, 3.63) is 42.7 Å². The molecule has 3 atom stereocenters. The van der Waals surface area contributed by atoms with Crippen molar-refractivity contribution in [2.24, 2.45) is 5.92 Å². The summed E-state index contributed by atoms with van der Waals surface area (Å²) in [6.45, 7) is 5.92. The Morgan fingerprint density at radius 2 is 2.10 bits per heavy atom. The Kier molecular flexibility index (Phi) is 5.67. The van der Waals surface area contributed by atoms with Crippen molar-refractivity contribution in [2.75, 3.05) is 37.7 Å². The lowest BCUT2D eigenvalue weighted by atomic mass is 10.0. The van der Waals surface area contributed by atoms with Gasteiger partial charge in [0.15, 0.2) is 0 Å². The first-order valence-electron chi connectivity index (χ1n) is 10.8. The molecule has 3 aromatic rings. The first-order valence-corrected chi connectivity index (χ1v) is 10.8. The van der Waals surface area contributed by atoms with Gasteiger partial charge in [0.1, 0.15) is 18.1 Å². The normalized spacial score (nSPS) is 22.6. The van der Waals surface area contributed by atoms with Gasteiger partial charge in [-0.3, -0.25) is 10.3 Å². The molecule has 2 saturated heterocycles. The lowest BCUT2D eigenvalue weighted by Crippen LogP contribution is -2.36. The van der Waals surface area contributed by atoms with Gasteiger partial charge in [-0.1, -0.05) is 0 Å². The number of hydrogen-bond acceptors (Lipinski definition) is 8. The first kappa shape index (κ1) is 20.1. The van der Waals surface area contributed by atoms with Crippen molar-refractivity contribution in [3.63, 3.8) is 0 Å². The van der Waals surface area contributed by atoms with Crippen molar-refractivity contribution in [2.45, 2.75) is 25.7 Å². The van der Waals surface area contributed by atoms with Gasteiger partial charge in [0.25, 0.3) is 0 Å². The summed E-state index contributed by atoms with van der Waals surface area (Å²) in [5.41, 5.74) is 2.52. The maximum absolute atomic E-state index is 9.79. The van der Waals surface area contributed by atoms with E-state index in [2.05, 4.69) is 20.2 Å². The van der Waals surface area contributed by atoms with Crippen molar-refractivity contribution in [3.8, 4) is 17.1 Å². The molecule has 5 rings (SSSR count). The molecule has 2 fully saturated rings. The van der Waals surface area contributed by atoms with E-state index in [1.54, 1.807) is 6.20 Å². The van der Waals surface area contributed by atoms with Gasteiger partial charge >= 0.3 is 0 Å². The summed E-state index contributed by atoms with van der Waals surface area (Å²) < 4.78 is 11.7. The fraction of sp³-hybridized carbons (Fsp3) is 0.435. The third kappa shape index (κ3) is 4.32. The van der Waals surface area contributed by atoms with E-state index in [0.29, 0.717) is 12.3 Å².